The second-order valence-electron chi connectivity index (χ2n) is 8.32. The van der Waals surface area contributed by atoms with Crippen LogP contribution in [-0.2, 0) is 10.2 Å². The highest BCUT2D eigenvalue weighted by molar-refractivity contribution is 5.81. The van der Waals surface area contributed by atoms with Gasteiger partial charge in [-0.05, 0) is 62.5 Å². The van der Waals surface area contributed by atoms with E-state index in [1.165, 1.54) is 18.6 Å². The summed E-state index contributed by atoms with van der Waals surface area (Å²) in [4.78, 5) is 16.8. The highest BCUT2D eigenvalue weighted by Gasteiger charge is 2.62. The lowest BCUT2D eigenvalue weighted by Crippen LogP contribution is -2.58. The van der Waals surface area contributed by atoms with E-state index in [2.05, 4.69) is 10.1 Å². The molecule has 4 aliphatic rings. The predicted molar refractivity (Wildman–Crippen MR) is 87.7 cm³/mol. The van der Waals surface area contributed by atoms with Crippen LogP contribution in [-0.4, -0.2) is 16.0 Å². The highest BCUT2D eigenvalue weighted by atomic mass is 19.1. The van der Waals surface area contributed by atoms with Crippen LogP contribution in [0.4, 0.5) is 4.39 Å². The van der Waals surface area contributed by atoms with E-state index in [-0.39, 0.29) is 17.1 Å². The summed E-state index contributed by atoms with van der Waals surface area (Å²) in [5, 5.41) is 4.08. The van der Waals surface area contributed by atoms with Crippen molar-refractivity contribution in [3.05, 3.63) is 36.0 Å². The summed E-state index contributed by atoms with van der Waals surface area (Å²) in [5.74, 6) is 1.48. The van der Waals surface area contributed by atoms with E-state index in [4.69, 9.17) is 10.3 Å². The number of amides is 1. The van der Waals surface area contributed by atoms with E-state index >= 15 is 0 Å². The number of hydrogen-bond acceptors (Lipinski definition) is 4. The summed E-state index contributed by atoms with van der Waals surface area (Å²) < 4.78 is 19.1. The zero-order valence-electron chi connectivity index (χ0n) is 13.9. The number of nitrogens with zero attached hydrogens (tertiary/aromatic N) is 2. The van der Waals surface area contributed by atoms with Gasteiger partial charge >= 0.3 is 0 Å². The Bertz CT molecular complexity index is 848. The Balaban J connectivity index is 1.54. The summed E-state index contributed by atoms with van der Waals surface area (Å²) in [5.41, 5.74) is 5.72. The van der Waals surface area contributed by atoms with Crippen molar-refractivity contribution >= 4 is 5.91 Å². The normalized spacial score (nSPS) is 35.9. The van der Waals surface area contributed by atoms with Gasteiger partial charge in [0.2, 0.25) is 17.6 Å². The van der Waals surface area contributed by atoms with Crippen molar-refractivity contribution in [3.63, 3.8) is 0 Å². The lowest BCUT2D eigenvalue weighted by Gasteiger charge is -2.59. The summed E-state index contributed by atoms with van der Waals surface area (Å²) in [6, 6.07) is 6.19. The topological polar surface area (TPSA) is 82.0 Å². The van der Waals surface area contributed by atoms with Crippen molar-refractivity contribution < 1.29 is 13.7 Å². The summed E-state index contributed by atoms with van der Waals surface area (Å²) in [7, 11) is 0. The zero-order valence-corrected chi connectivity index (χ0v) is 13.9. The standard InChI is InChI=1S/C19H20FN3O2/c20-14-3-1-2-13(5-14)15-22-17(25-23-15)19-8-11-4-12(9-19)7-18(6-11,10-19)16(21)24/h1-3,5,11-12H,4,6-10H2,(H2,21,24). The Morgan fingerprint density at radius 1 is 1.24 bits per heavy atom. The summed E-state index contributed by atoms with van der Waals surface area (Å²) in [6.45, 7) is 0. The average molecular weight is 341 g/mol. The smallest absolute Gasteiger partial charge is 0.233 e. The average Bonchev–Trinajstić information content (AvgIpc) is 3.04. The van der Waals surface area contributed by atoms with Crippen LogP contribution in [0.15, 0.2) is 28.8 Å². The number of carbonyl (C=O) groups excluding carboxylic acids is 1. The van der Waals surface area contributed by atoms with Crippen molar-refractivity contribution in [1.82, 2.24) is 10.1 Å². The lowest BCUT2D eigenvalue weighted by molar-refractivity contribution is -0.147. The zero-order chi connectivity index (χ0) is 17.2. The largest absolute Gasteiger partial charge is 0.369 e. The molecule has 4 bridgehead atoms. The van der Waals surface area contributed by atoms with Gasteiger partial charge in [-0.15, -0.1) is 0 Å². The Kier molecular flexibility index (Phi) is 2.95. The van der Waals surface area contributed by atoms with Crippen molar-refractivity contribution in [2.75, 3.05) is 0 Å². The molecule has 2 aromatic rings. The summed E-state index contributed by atoms with van der Waals surface area (Å²) in [6.07, 6.45) is 5.61. The van der Waals surface area contributed by atoms with Crippen LogP contribution in [0, 0.1) is 23.1 Å². The molecule has 2 unspecified atom stereocenters. The number of primary amides is 1. The van der Waals surface area contributed by atoms with E-state index in [0.717, 1.165) is 25.7 Å². The van der Waals surface area contributed by atoms with Gasteiger partial charge in [0.1, 0.15) is 5.82 Å². The van der Waals surface area contributed by atoms with Crippen LogP contribution in [0.1, 0.15) is 44.4 Å². The Labute approximate surface area is 144 Å². The van der Waals surface area contributed by atoms with Gasteiger partial charge in [0.25, 0.3) is 0 Å². The quantitative estimate of drug-likeness (QED) is 0.929. The van der Waals surface area contributed by atoms with Crippen LogP contribution < -0.4 is 5.73 Å². The molecule has 1 heterocycles. The molecule has 2 N–H and O–H groups in total. The third kappa shape index (κ3) is 2.16. The van der Waals surface area contributed by atoms with Gasteiger partial charge in [0.05, 0.1) is 10.8 Å². The first-order valence-electron chi connectivity index (χ1n) is 8.88. The van der Waals surface area contributed by atoms with E-state index in [1.54, 1.807) is 12.1 Å². The monoisotopic (exact) mass is 341 g/mol. The fourth-order valence-electron chi connectivity index (χ4n) is 5.98. The van der Waals surface area contributed by atoms with Gasteiger partial charge in [-0.2, -0.15) is 4.98 Å². The van der Waals surface area contributed by atoms with Gasteiger partial charge in [-0.1, -0.05) is 17.3 Å². The number of halogens is 1. The van der Waals surface area contributed by atoms with Crippen LogP contribution in [0.2, 0.25) is 0 Å². The molecule has 130 valence electrons. The summed E-state index contributed by atoms with van der Waals surface area (Å²) >= 11 is 0. The lowest BCUT2D eigenvalue weighted by atomic mass is 9.44. The molecule has 4 aliphatic carbocycles. The first-order valence-corrected chi connectivity index (χ1v) is 8.88. The SMILES string of the molecule is NC(=O)C12CC3CC(C1)CC(c1nc(-c4cccc(F)c4)no1)(C3)C2. The van der Waals surface area contributed by atoms with E-state index in [1.807, 2.05) is 0 Å². The maximum atomic E-state index is 13.5. The Hall–Kier alpha value is -2.24. The number of aromatic nitrogens is 2. The molecule has 0 aliphatic heterocycles. The third-order valence-electron chi connectivity index (χ3n) is 6.55. The molecule has 0 radical (unpaired) electrons. The third-order valence-corrected chi connectivity index (χ3v) is 6.55. The predicted octanol–water partition coefficient (Wildman–Crippen LogP) is 3.20. The molecule has 1 amide bonds. The molecule has 4 fully saturated rings. The second-order valence-corrected chi connectivity index (χ2v) is 8.32. The molecule has 6 rings (SSSR count). The van der Waals surface area contributed by atoms with Crippen molar-refractivity contribution in [3.8, 4) is 11.4 Å². The Morgan fingerprint density at radius 3 is 2.68 bits per heavy atom. The second kappa shape index (κ2) is 4.90. The number of benzene rings is 1. The van der Waals surface area contributed by atoms with Gasteiger partial charge in [0, 0.05) is 5.56 Å². The van der Waals surface area contributed by atoms with Gasteiger partial charge in [-0.3, -0.25) is 4.79 Å². The molecule has 1 aromatic heterocycles. The van der Waals surface area contributed by atoms with Crippen LogP contribution in [0.5, 0.6) is 0 Å². The fraction of sp³-hybridized carbons (Fsp3) is 0.526. The first-order chi connectivity index (χ1) is 12.0. The molecule has 4 saturated carbocycles. The fourth-order valence-corrected chi connectivity index (χ4v) is 5.98. The number of rotatable bonds is 3. The van der Waals surface area contributed by atoms with Gasteiger partial charge in [-0.25, -0.2) is 4.39 Å². The maximum absolute atomic E-state index is 13.5. The highest BCUT2D eigenvalue weighted by Crippen LogP contribution is 2.65. The number of nitrogens with two attached hydrogens (primary N) is 1. The first kappa shape index (κ1) is 15.0. The minimum atomic E-state index is -0.419. The molecular formula is C19H20FN3O2. The van der Waals surface area contributed by atoms with Crippen LogP contribution in [0.3, 0.4) is 0 Å². The number of hydrogen-bond donors (Lipinski definition) is 1. The van der Waals surface area contributed by atoms with Gasteiger partial charge in [0.15, 0.2) is 0 Å². The molecule has 0 saturated heterocycles. The minimum absolute atomic E-state index is 0.184. The number of carbonyl (C=O) groups is 1. The maximum Gasteiger partial charge on any atom is 0.233 e. The molecular weight excluding hydrogens is 321 g/mol. The minimum Gasteiger partial charge on any atom is -0.369 e. The van der Waals surface area contributed by atoms with Crippen LogP contribution in [0.25, 0.3) is 11.4 Å². The molecule has 1 aromatic carbocycles. The van der Waals surface area contributed by atoms with Crippen molar-refractivity contribution in [2.45, 2.75) is 43.9 Å². The molecule has 25 heavy (non-hydrogen) atoms. The Morgan fingerprint density at radius 2 is 2.00 bits per heavy atom. The molecule has 6 heteroatoms. The molecule has 2 atom stereocenters. The van der Waals surface area contributed by atoms with E-state index in [0.29, 0.717) is 35.5 Å². The molecule has 5 nitrogen and oxygen atoms in total. The van der Waals surface area contributed by atoms with Crippen molar-refractivity contribution in [2.24, 2.45) is 23.0 Å². The van der Waals surface area contributed by atoms with Crippen LogP contribution >= 0.6 is 0 Å². The van der Waals surface area contributed by atoms with E-state index in [9.17, 15) is 9.18 Å². The van der Waals surface area contributed by atoms with E-state index < -0.39 is 5.41 Å². The molecule has 0 spiro atoms. The van der Waals surface area contributed by atoms with Gasteiger partial charge < -0.3 is 10.3 Å². The van der Waals surface area contributed by atoms with Crippen molar-refractivity contribution in [1.29, 1.82) is 0 Å².